The first-order chi connectivity index (χ1) is 10.6. The maximum atomic E-state index is 2.29. The van der Waals surface area contributed by atoms with Crippen molar-refractivity contribution in [2.24, 2.45) is 7.05 Å². The summed E-state index contributed by atoms with van der Waals surface area (Å²) in [5, 5.41) is 0. The van der Waals surface area contributed by atoms with Crippen LogP contribution in [0.25, 0.3) is 22.4 Å². The summed E-state index contributed by atoms with van der Waals surface area (Å²) >= 11 is 0. The number of hydrogen-bond donors (Lipinski definition) is 0. The normalized spacial score (nSPS) is 12.1. The number of benzene rings is 2. The molecule has 0 N–H and O–H groups in total. The fourth-order valence-corrected chi connectivity index (χ4v) is 3.69. The molecule has 4 rings (SSSR count). The van der Waals surface area contributed by atoms with Crippen LogP contribution < -0.4 is 4.57 Å². The minimum Gasteiger partial charge on any atom is -0.201 e. The lowest BCUT2D eigenvalue weighted by Crippen LogP contribution is -2.31. The van der Waals surface area contributed by atoms with E-state index >= 15 is 0 Å². The molecule has 3 aromatic rings. The molecule has 0 saturated carbocycles. The third kappa shape index (κ3) is 1.89. The first-order valence-electron chi connectivity index (χ1n) is 7.82. The molecule has 0 atom stereocenters. The molecule has 0 saturated heterocycles. The van der Waals surface area contributed by atoms with Crippen molar-refractivity contribution in [2.75, 3.05) is 0 Å². The third-order valence-electron chi connectivity index (χ3n) is 4.73. The van der Waals surface area contributed by atoms with Gasteiger partial charge in [0, 0.05) is 11.6 Å². The molecule has 2 aromatic carbocycles. The number of aryl methyl sites for hydroxylation is 3. The van der Waals surface area contributed by atoms with Gasteiger partial charge in [0.1, 0.15) is 7.05 Å². The number of aromatic nitrogens is 1. The molecule has 1 aliphatic carbocycles. The van der Waals surface area contributed by atoms with Crippen molar-refractivity contribution in [1.82, 2.24) is 0 Å². The third-order valence-corrected chi connectivity index (χ3v) is 4.73. The average Bonchev–Trinajstić information content (AvgIpc) is 2.87. The standard InChI is InChI=1S/C21H20N/c1-14-8-11-20(22(3)13-14)21-15(2)9-10-18-17-7-5-4-6-16(17)12-19(18)21/h4-11,13H,12H2,1-3H3/q+1. The zero-order chi connectivity index (χ0) is 15.3. The molecule has 1 aromatic heterocycles. The highest BCUT2D eigenvalue weighted by Crippen LogP contribution is 2.42. The van der Waals surface area contributed by atoms with Gasteiger partial charge in [-0.1, -0.05) is 36.4 Å². The second-order valence-corrected chi connectivity index (χ2v) is 6.32. The fourth-order valence-electron chi connectivity index (χ4n) is 3.69. The molecular formula is C21H20N+. The Morgan fingerprint density at radius 3 is 2.50 bits per heavy atom. The van der Waals surface area contributed by atoms with E-state index in [9.17, 15) is 0 Å². The molecule has 0 radical (unpaired) electrons. The SMILES string of the molecule is Cc1ccc(-c2c(C)ccc3c2Cc2ccccc2-3)[n+](C)c1. The molecule has 0 bridgehead atoms. The van der Waals surface area contributed by atoms with Crippen LogP contribution in [0.2, 0.25) is 0 Å². The first-order valence-corrected chi connectivity index (χ1v) is 7.82. The second-order valence-electron chi connectivity index (χ2n) is 6.32. The Morgan fingerprint density at radius 2 is 1.68 bits per heavy atom. The Labute approximate surface area is 131 Å². The summed E-state index contributed by atoms with van der Waals surface area (Å²) in [6.07, 6.45) is 3.24. The zero-order valence-corrected chi connectivity index (χ0v) is 13.4. The van der Waals surface area contributed by atoms with E-state index in [4.69, 9.17) is 0 Å². The lowest BCUT2D eigenvalue weighted by Gasteiger charge is -2.11. The van der Waals surface area contributed by atoms with Gasteiger partial charge in [0.25, 0.3) is 0 Å². The topological polar surface area (TPSA) is 3.88 Å². The van der Waals surface area contributed by atoms with Crippen LogP contribution in [0.5, 0.6) is 0 Å². The maximum Gasteiger partial charge on any atom is 0.212 e. The van der Waals surface area contributed by atoms with Crippen molar-refractivity contribution in [3.63, 3.8) is 0 Å². The van der Waals surface area contributed by atoms with Gasteiger partial charge in [-0.2, -0.15) is 0 Å². The van der Waals surface area contributed by atoms with E-state index in [1.807, 2.05) is 0 Å². The molecule has 0 amide bonds. The Morgan fingerprint density at radius 1 is 0.864 bits per heavy atom. The predicted molar refractivity (Wildman–Crippen MR) is 90.8 cm³/mol. The van der Waals surface area contributed by atoms with E-state index in [-0.39, 0.29) is 0 Å². The molecule has 1 nitrogen and oxygen atoms in total. The quantitative estimate of drug-likeness (QED) is 0.458. The van der Waals surface area contributed by atoms with Gasteiger partial charge in [-0.3, -0.25) is 0 Å². The Bertz CT molecular complexity index is 890. The average molecular weight is 286 g/mol. The molecule has 1 heterocycles. The Balaban J connectivity index is 1.99. The fraction of sp³-hybridized carbons (Fsp3) is 0.190. The highest BCUT2D eigenvalue weighted by molar-refractivity contribution is 5.84. The summed E-state index contributed by atoms with van der Waals surface area (Å²) in [7, 11) is 2.14. The van der Waals surface area contributed by atoms with E-state index in [1.54, 1.807) is 0 Å². The van der Waals surface area contributed by atoms with Gasteiger partial charge in [0.05, 0.1) is 5.56 Å². The summed E-state index contributed by atoms with van der Waals surface area (Å²) in [5.41, 5.74) is 11.1. The highest BCUT2D eigenvalue weighted by Gasteiger charge is 2.25. The molecule has 108 valence electrons. The number of nitrogens with zero attached hydrogens (tertiary/aromatic N) is 1. The van der Waals surface area contributed by atoms with Crippen LogP contribution in [0.15, 0.2) is 54.7 Å². The first kappa shape index (κ1) is 13.3. The van der Waals surface area contributed by atoms with E-state index in [0.29, 0.717) is 0 Å². The van der Waals surface area contributed by atoms with Crippen molar-refractivity contribution in [3.8, 4) is 22.4 Å². The van der Waals surface area contributed by atoms with Crippen molar-refractivity contribution in [1.29, 1.82) is 0 Å². The molecule has 1 heteroatoms. The van der Waals surface area contributed by atoms with E-state index in [1.165, 1.54) is 44.6 Å². The molecule has 1 aliphatic rings. The van der Waals surface area contributed by atoms with Crippen LogP contribution in [-0.4, -0.2) is 0 Å². The largest absolute Gasteiger partial charge is 0.212 e. The number of pyridine rings is 1. The van der Waals surface area contributed by atoms with Crippen molar-refractivity contribution >= 4 is 0 Å². The summed E-state index contributed by atoms with van der Waals surface area (Å²) in [6, 6.07) is 17.8. The zero-order valence-electron chi connectivity index (χ0n) is 13.4. The lowest BCUT2D eigenvalue weighted by atomic mass is 9.94. The van der Waals surface area contributed by atoms with E-state index in [2.05, 4.69) is 80.2 Å². The monoisotopic (exact) mass is 286 g/mol. The minimum absolute atomic E-state index is 1.04. The van der Waals surface area contributed by atoms with Crippen molar-refractivity contribution in [2.45, 2.75) is 20.3 Å². The molecule has 0 aliphatic heterocycles. The van der Waals surface area contributed by atoms with Crippen LogP contribution in [0.4, 0.5) is 0 Å². The summed E-state index contributed by atoms with van der Waals surface area (Å²) in [6.45, 7) is 4.36. The maximum absolute atomic E-state index is 2.29. The summed E-state index contributed by atoms with van der Waals surface area (Å²) in [4.78, 5) is 0. The van der Waals surface area contributed by atoms with Crippen molar-refractivity contribution < 1.29 is 4.57 Å². The van der Waals surface area contributed by atoms with Gasteiger partial charge in [-0.25, -0.2) is 4.57 Å². The van der Waals surface area contributed by atoms with Gasteiger partial charge < -0.3 is 0 Å². The smallest absolute Gasteiger partial charge is 0.201 e. The molecule has 0 unspecified atom stereocenters. The summed E-state index contributed by atoms with van der Waals surface area (Å²) in [5.74, 6) is 0. The van der Waals surface area contributed by atoms with Crippen LogP contribution in [0.1, 0.15) is 22.3 Å². The van der Waals surface area contributed by atoms with Gasteiger partial charge in [0.15, 0.2) is 6.20 Å². The van der Waals surface area contributed by atoms with Gasteiger partial charge in [-0.15, -0.1) is 0 Å². The van der Waals surface area contributed by atoms with Crippen LogP contribution in [0.3, 0.4) is 0 Å². The predicted octanol–water partition coefficient (Wildman–Crippen LogP) is 4.37. The van der Waals surface area contributed by atoms with Gasteiger partial charge in [0.2, 0.25) is 5.69 Å². The van der Waals surface area contributed by atoms with Crippen LogP contribution in [0, 0.1) is 13.8 Å². The van der Waals surface area contributed by atoms with Gasteiger partial charge >= 0.3 is 0 Å². The van der Waals surface area contributed by atoms with E-state index < -0.39 is 0 Å². The number of rotatable bonds is 1. The molecule has 0 fully saturated rings. The number of fused-ring (bicyclic) bond motifs is 3. The van der Waals surface area contributed by atoms with Crippen LogP contribution >= 0.6 is 0 Å². The second kappa shape index (κ2) is 4.81. The van der Waals surface area contributed by atoms with Crippen molar-refractivity contribution in [3.05, 3.63) is 77.0 Å². The van der Waals surface area contributed by atoms with Gasteiger partial charge in [-0.05, 0) is 54.2 Å². The molecule has 0 spiro atoms. The van der Waals surface area contributed by atoms with E-state index in [0.717, 1.165) is 6.42 Å². The Hall–Kier alpha value is -2.41. The highest BCUT2D eigenvalue weighted by atomic mass is 14.9. The molecular weight excluding hydrogens is 266 g/mol. The van der Waals surface area contributed by atoms with Crippen LogP contribution in [-0.2, 0) is 13.5 Å². The Kier molecular flexibility index (Phi) is 2.90. The molecule has 22 heavy (non-hydrogen) atoms. The lowest BCUT2D eigenvalue weighted by molar-refractivity contribution is -0.660. The number of hydrogen-bond acceptors (Lipinski definition) is 0. The summed E-state index contributed by atoms with van der Waals surface area (Å²) < 4.78 is 2.25. The minimum atomic E-state index is 1.04.